The molecule has 2 aromatic rings. The molecule has 1 aromatic heterocycles. The molecule has 5 rings (SSSR count). The van der Waals surface area contributed by atoms with Crippen molar-refractivity contribution in [2.45, 2.75) is 78.5 Å². The van der Waals surface area contributed by atoms with Gasteiger partial charge in [0.25, 0.3) is 0 Å². The third-order valence-electron chi connectivity index (χ3n) is 8.64. The van der Waals surface area contributed by atoms with E-state index in [1.807, 2.05) is 38.7 Å². The lowest BCUT2D eigenvalue weighted by molar-refractivity contribution is -0.0930. The maximum atomic E-state index is 12.5. The zero-order valence-electron chi connectivity index (χ0n) is 25.0. The summed E-state index contributed by atoms with van der Waals surface area (Å²) in [4.78, 5) is 16.8. The first-order valence-electron chi connectivity index (χ1n) is 14.2. The van der Waals surface area contributed by atoms with Crippen molar-refractivity contribution in [3.05, 3.63) is 27.9 Å². The molecule has 1 amide bonds. The smallest absolute Gasteiger partial charge is 0.410 e. The maximum absolute atomic E-state index is 12.5. The van der Waals surface area contributed by atoms with Crippen molar-refractivity contribution in [1.29, 1.82) is 5.41 Å². The van der Waals surface area contributed by atoms with Gasteiger partial charge in [-0.25, -0.2) is 4.79 Å². The zero-order valence-corrected chi connectivity index (χ0v) is 29.0. The van der Waals surface area contributed by atoms with Gasteiger partial charge in [0.2, 0.25) is 0 Å². The van der Waals surface area contributed by atoms with Crippen LogP contribution in [-0.4, -0.2) is 70.9 Å². The van der Waals surface area contributed by atoms with E-state index in [2.05, 4.69) is 62.8 Å². The molecule has 12 heteroatoms. The van der Waals surface area contributed by atoms with Gasteiger partial charge < -0.3 is 30.4 Å². The molecule has 1 atom stereocenters. The quantitative estimate of drug-likeness (QED) is 0.171. The van der Waals surface area contributed by atoms with Crippen molar-refractivity contribution in [2.24, 2.45) is 5.41 Å². The molecule has 3 fully saturated rings. The Bertz CT molecular complexity index is 1360. The summed E-state index contributed by atoms with van der Waals surface area (Å²) >= 11 is 9.41. The van der Waals surface area contributed by atoms with Gasteiger partial charge in [-0.2, -0.15) is 5.10 Å². The first kappa shape index (κ1) is 30.8. The largest absolute Gasteiger partial charge is 0.444 e. The summed E-state index contributed by atoms with van der Waals surface area (Å²) in [5, 5.41) is 21.4. The molecule has 41 heavy (non-hydrogen) atoms. The number of benzene rings is 1. The molecule has 224 valence electrons. The first-order chi connectivity index (χ1) is 19.2. The highest BCUT2D eigenvalue weighted by atomic mass is 127. The van der Waals surface area contributed by atoms with Gasteiger partial charge in [0.05, 0.1) is 11.1 Å². The van der Waals surface area contributed by atoms with E-state index >= 15 is 0 Å². The number of hydrogen-bond acceptors (Lipinski definition) is 7. The molecule has 1 aromatic carbocycles. The second kappa shape index (κ2) is 11.1. The molecule has 0 radical (unpaired) electrons. The van der Waals surface area contributed by atoms with Crippen molar-refractivity contribution in [1.82, 2.24) is 20.0 Å². The van der Waals surface area contributed by atoms with E-state index in [9.17, 15) is 4.79 Å². The number of likely N-dealkylation sites (tertiary alicyclic amines) is 1. The number of rotatable bonds is 6. The van der Waals surface area contributed by atoms with Crippen LogP contribution >= 0.6 is 40.0 Å². The minimum atomic E-state index is -0.488. The number of ether oxygens (including phenoxy) is 1. The van der Waals surface area contributed by atoms with E-state index in [-0.39, 0.29) is 23.1 Å². The Kier molecular flexibility index (Phi) is 8.38. The van der Waals surface area contributed by atoms with Gasteiger partial charge >= 0.3 is 6.09 Å². The van der Waals surface area contributed by atoms with Crippen LogP contribution in [0, 0.1) is 24.7 Å². The molecule has 2 aliphatic heterocycles. The number of carbonyl (C=O) groups excluding carboxylic acids is 1. The number of nitrogens with one attached hydrogen (secondary N) is 3. The van der Waals surface area contributed by atoms with Crippen LogP contribution < -0.4 is 15.3 Å². The fourth-order valence-electron chi connectivity index (χ4n) is 6.66. The summed E-state index contributed by atoms with van der Waals surface area (Å²) in [6.07, 6.45) is 3.61. The van der Waals surface area contributed by atoms with Crippen LogP contribution in [0.25, 0.3) is 11.1 Å². The summed E-state index contributed by atoms with van der Waals surface area (Å²) in [7, 11) is 0. The molecule has 9 nitrogen and oxygen atoms in total. The van der Waals surface area contributed by atoms with Gasteiger partial charge in [0.15, 0.2) is 5.82 Å². The summed E-state index contributed by atoms with van der Waals surface area (Å²) in [5.41, 5.74) is 5.13. The molecule has 2 saturated heterocycles. The topological polar surface area (TPSA) is 98.5 Å². The second-order valence-electron chi connectivity index (χ2n) is 13.5. The fourth-order valence-corrected chi connectivity index (χ4v) is 8.09. The highest BCUT2D eigenvalue weighted by Gasteiger charge is 2.55. The van der Waals surface area contributed by atoms with Crippen LogP contribution in [0.5, 0.6) is 0 Å². The van der Waals surface area contributed by atoms with Crippen molar-refractivity contribution in [3.8, 4) is 11.1 Å². The van der Waals surface area contributed by atoms with E-state index < -0.39 is 5.60 Å². The predicted molar refractivity (Wildman–Crippen MR) is 179 cm³/mol. The molecule has 1 aliphatic carbocycles. The molecule has 1 unspecified atom stereocenters. The molecular formula is C29H42ClIN7O2P. The van der Waals surface area contributed by atoms with Crippen LogP contribution in [0.2, 0.25) is 5.02 Å². The number of anilines is 2. The van der Waals surface area contributed by atoms with E-state index in [1.165, 1.54) is 6.21 Å². The molecule has 3 heterocycles. The number of aryl methyl sites for hydroxylation is 1. The average Bonchev–Trinajstić information content (AvgIpc) is 3.14. The predicted octanol–water partition coefficient (Wildman–Crippen LogP) is 6.93. The Balaban J connectivity index is 1.52. The van der Waals surface area contributed by atoms with Crippen LogP contribution in [0.1, 0.15) is 70.3 Å². The van der Waals surface area contributed by atoms with Crippen molar-refractivity contribution in [2.75, 3.05) is 42.7 Å². The highest BCUT2D eigenvalue weighted by molar-refractivity contribution is 14.2. The third kappa shape index (κ3) is 5.70. The van der Waals surface area contributed by atoms with Gasteiger partial charge in [-0.05, 0) is 95.0 Å². The lowest BCUT2D eigenvalue weighted by Gasteiger charge is -2.58. The summed E-state index contributed by atoms with van der Waals surface area (Å²) < 4.78 is 7.78. The van der Waals surface area contributed by atoms with Gasteiger partial charge in [-0.3, -0.25) is 4.68 Å². The van der Waals surface area contributed by atoms with E-state index in [4.69, 9.17) is 26.8 Å². The van der Waals surface area contributed by atoms with Gasteiger partial charge in [0.1, 0.15) is 5.60 Å². The van der Waals surface area contributed by atoms with Crippen LogP contribution in [-0.2, 0) is 4.74 Å². The Morgan fingerprint density at radius 1 is 1.29 bits per heavy atom. The van der Waals surface area contributed by atoms with Crippen LogP contribution in [0.4, 0.5) is 16.3 Å². The van der Waals surface area contributed by atoms with E-state index in [0.717, 1.165) is 85.0 Å². The molecular weight excluding hydrogens is 672 g/mol. The Morgan fingerprint density at radius 2 is 1.98 bits per heavy atom. The highest BCUT2D eigenvalue weighted by Crippen LogP contribution is 2.56. The minimum absolute atomic E-state index is 0.133. The molecule has 3 N–H and O–H groups in total. The maximum Gasteiger partial charge on any atom is 0.410 e. The molecule has 1 spiro atoms. The van der Waals surface area contributed by atoms with E-state index in [1.54, 1.807) is 0 Å². The summed E-state index contributed by atoms with van der Waals surface area (Å²) in [6.45, 7) is 18.4. The van der Waals surface area contributed by atoms with Crippen molar-refractivity contribution >= 4 is 63.8 Å². The lowest BCUT2D eigenvalue weighted by atomic mass is 9.61. The summed E-state index contributed by atoms with van der Waals surface area (Å²) in [6, 6.07) is 2.28. The number of hydrogen-bond donors (Lipinski definition) is 3. The molecule has 1 saturated carbocycles. The number of aromatic nitrogens is 2. The monoisotopic (exact) mass is 713 g/mol. The third-order valence-corrected chi connectivity index (χ3v) is 10.3. The number of nitrogens with zero attached hydrogens (tertiary/aromatic N) is 4. The first-order valence-corrected chi connectivity index (χ1v) is 18.7. The molecule has 0 bridgehead atoms. The Labute approximate surface area is 263 Å². The fraction of sp³-hybridized carbons (Fsp3) is 0.621. The van der Waals surface area contributed by atoms with Gasteiger partial charge in [0, 0.05) is 84.3 Å². The standard InChI is InChI=1S/C29H42ClIN7O2P/c1-17-10-21(35-41-31)20(13-32)23(24(17)30)22-18(2)38(34-25(22)37-9-8-33-14-28(37,6)7)19-11-29(12-19)15-36(16-29)26(39)40-27(3,4)5/h10,13,19,32-33,35,41H,8-9,11-12,14-16H2,1-7H3. The number of piperazine rings is 1. The summed E-state index contributed by atoms with van der Waals surface area (Å²) in [5.74, 6) is 0.928. The van der Waals surface area contributed by atoms with Crippen molar-refractivity contribution < 1.29 is 9.53 Å². The van der Waals surface area contributed by atoms with E-state index in [0.29, 0.717) is 11.4 Å². The Hall–Kier alpha value is -1.62. The second-order valence-corrected chi connectivity index (χ2v) is 15.9. The van der Waals surface area contributed by atoms with Crippen molar-refractivity contribution in [3.63, 3.8) is 0 Å². The zero-order chi connectivity index (χ0) is 29.9. The molecule has 3 aliphatic rings. The van der Waals surface area contributed by atoms with Crippen LogP contribution in [0.3, 0.4) is 0 Å². The number of amides is 1. The SMILES string of the molecule is Cc1cc(NPI)c(C=N)c(-c2c(N3CCNCC3(C)C)nn(C3CC4(C3)CN(C(=O)OC(C)(C)C)C4)c2C)c1Cl. The normalized spacial score (nSPS) is 20.3. The van der Waals surface area contributed by atoms with Gasteiger partial charge in [-0.15, -0.1) is 0 Å². The minimum Gasteiger partial charge on any atom is -0.444 e. The average molecular weight is 714 g/mol. The van der Waals surface area contributed by atoms with Crippen LogP contribution in [0.15, 0.2) is 6.07 Å². The lowest BCUT2D eigenvalue weighted by Crippen LogP contribution is -2.64. The van der Waals surface area contributed by atoms with Gasteiger partial charge in [-0.1, -0.05) is 11.6 Å². The number of carbonyl (C=O) groups is 1. The Morgan fingerprint density at radius 3 is 2.56 bits per heavy atom. The number of halogens is 2.